The molecule has 3 aromatic rings. The number of nitrogens with zero attached hydrogens (tertiary/aromatic N) is 2. The van der Waals surface area contributed by atoms with Crippen molar-refractivity contribution in [3.63, 3.8) is 0 Å². The van der Waals surface area contributed by atoms with Crippen molar-refractivity contribution in [3.05, 3.63) is 65.7 Å². The first kappa shape index (κ1) is 20.8. The van der Waals surface area contributed by atoms with E-state index in [2.05, 4.69) is 20.5 Å². The van der Waals surface area contributed by atoms with Gasteiger partial charge in [-0.3, -0.25) is 0 Å². The molecule has 164 valence electrons. The van der Waals surface area contributed by atoms with E-state index in [1.54, 1.807) is 18.2 Å². The Balaban J connectivity index is 1.47. The number of ether oxygens (including phenoxy) is 1. The van der Waals surface area contributed by atoms with Gasteiger partial charge in [-0.25, -0.2) is 0 Å². The maximum atomic E-state index is 14.1. The molecule has 1 atom stereocenters. The maximum absolute atomic E-state index is 14.1. The third kappa shape index (κ3) is 4.06. The van der Waals surface area contributed by atoms with Crippen LogP contribution in [0.5, 0.6) is 0 Å². The first-order chi connectivity index (χ1) is 15.5. The van der Waals surface area contributed by atoms with Gasteiger partial charge in [-0.2, -0.15) is 0 Å². The van der Waals surface area contributed by atoms with Gasteiger partial charge in [-0.15, -0.1) is 0 Å². The van der Waals surface area contributed by atoms with Gasteiger partial charge in [0.1, 0.15) is 0 Å². The van der Waals surface area contributed by atoms with Gasteiger partial charge in [-0.1, -0.05) is 0 Å². The third-order valence-corrected chi connectivity index (χ3v) is 7.91. The number of amides is 1. The second-order valence-electron chi connectivity index (χ2n) is 7.39. The Morgan fingerprint density at radius 2 is 1.75 bits per heavy atom. The van der Waals surface area contributed by atoms with Crippen LogP contribution in [0.25, 0.3) is 0 Å². The fourth-order valence-electron chi connectivity index (χ4n) is 3.74. The van der Waals surface area contributed by atoms with Gasteiger partial charge in [0.15, 0.2) is 0 Å². The van der Waals surface area contributed by atoms with Crippen LogP contribution in [0.1, 0.15) is 10.4 Å². The summed E-state index contributed by atoms with van der Waals surface area (Å²) in [5.74, 6) is -3.91. The summed E-state index contributed by atoms with van der Waals surface area (Å²) in [6.45, 7) is 2.87. The number of carbonyl (C=O) groups excluding carboxylic acids is 1. The summed E-state index contributed by atoms with van der Waals surface area (Å²) in [5, 5.41) is 6.20. The summed E-state index contributed by atoms with van der Waals surface area (Å²) in [4.78, 5) is 17.8. The van der Waals surface area contributed by atoms with Crippen molar-refractivity contribution in [2.24, 2.45) is 0 Å². The molecular formula is C22H18AsF3N4O2. The van der Waals surface area contributed by atoms with E-state index in [-0.39, 0.29) is 10.3 Å². The molecule has 0 aliphatic carbocycles. The minimum atomic E-state index is -1.44. The van der Waals surface area contributed by atoms with E-state index in [0.717, 1.165) is 30.5 Å². The number of hydrogen-bond acceptors (Lipinski definition) is 5. The molecule has 1 saturated heterocycles. The van der Waals surface area contributed by atoms with Crippen LogP contribution in [0.2, 0.25) is 0 Å². The standard InChI is InChI=1S/C22H18AsF3N4O2/c24-19-11-15(20(25)21(26)29-19)23-12-1-3-14-17(9-12)27-18-10-13(30-5-7-32-8-6-30)2-4-16(18)28-22(14)31/h1-4,9-11,23,27H,5-8H2,(H,28,31). The molecule has 1 aromatic heterocycles. The third-order valence-electron chi connectivity index (χ3n) is 5.33. The molecule has 2 N–H and O–H groups in total. The second kappa shape index (κ2) is 8.48. The van der Waals surface area contributed by atoms with Gasteiger partial charge >= 0.3 is 188 Å². The van der Waals surface area contributed by atoms with E-state index in [4.69, 9.17) is 4.74 Å². The van der Waals surface area contributed by atoms with Crippen LogP contribution in [0.3, 0.4) is 0 Å². The number of halogens is 3. The minimum absolute atomic E-state index is 0.0250. The van der Waals surface area contributed by atoms with Crippen molar-refractivity contribution in [1.29, 1.82) is 0 Å². The predicted molar refractivity (Wildman–Crippen MR) is 118 cm³/mol. The Morgan fingerprint density at radius 1 is 0.938 bits per heavy atom. The Morgan fingerprint density at radius 3 is 2.56 bits per heavy atom. The molecule has 0 bridgehead atoms. The number of aromatic nitrogens is 1. The summed E-state index contributed by atoms with van der Waals surface area (Å²) in [6, 6.07) is 11.8. The number of morpholine rings is 1. The van der Waals surface area contributed by atoms with Crippen LogP contribution in [0, 0.1) is 17.7 Å². The summed E-state index contributed by atoms with van der Waals surface area (Å²) in [7, 11) is 0. The number of carbonyl (C=O) groups is 1. The van der Waals surface area contributed by atoms with Crippen molar-refractivity contribution in [1.82, 2.24) is 4.98 Å². The normalized spacial score (nSPS) is 15.7. The Labute approximate surface area is 188 Å². The Bertz CT molecular complexity index is 1220. The molecule has 2 aliphatic heterocycles. The van der Waals surface area contributed by atoms with E-state index in [1.165, 1.54) is 0 Å². The fourth-order valence-corrected chi connectivity index (χ4v) is 6.04. The van der Waals surface area contributed by atoms with Crippen molar-refractivity contribution in [2.75, 3.05) is 41.8 Å². The molecule has 0 radical (unpaired) electrons. The predicted octanol–water partition coefficient (Wildman–Crippen LogP) is 2.03. The Hall–Kier alpha value is -3.03. The van der Waals surface area contributed by atoms with Crippen molar-refractivity contribution >= 4 is 53.1 Å². The van der Waals surface area contributed by atoms with E-state index < -0.39 is 33.5 Å². The molecule has 2 aromatic carbocycles. The summed E-state index contributed by atoms with van der Waals surface area (Å²) in [5.41, 5.74) is 3.36. The van der Waals surface area contributed by atoms with E-state index in [9.17, 15) is 18.0 Å². The van der Waals surface area contributed by atoms with Crippen molar-refractivity contribution in [3.8, 4) is 0 Å². The zero-order chi connectivity index (χ0) is 22.2. The second-order valence-corrected chi connectivity index (χ2v) is 10.3. The van der Waals surface area contributed by atoms with Crippen LogP contribution in [0.4, 0.5) is 35.9 Å². The first-order valence-corrected chi connectivity index (χ1v) is 12.1. The molecule has 6 nitrogen and oxygen atoms in total. The average molecular weight is 502 g/mol. The van der Waals surface area contributed by atoms with Gasteiger partial charge in [0.25, 0.3) is 0 Å². The monoisotopic (exact) mass is 502 g/mol. The quantitative estimate of drug-likeness (QED) is 0.424. The summed E-state index contributed by atoms with van der Waals surface area (Å²) in [6.07, 6.45) is 0. The van der Waals surface area contributed by atoms with Gasteiger partial charge in [0.05, 0.1) is 0 Å². The average Bonchev–Trinajstić information content (AvgIpc) is 2.92. The first-order valence-electron chi connectivity index (χ1n) is 9.96. The number of fused-ring (bicyclic) bond motifs is 2. The van der Waals surface area contributed by atoms with E-state index in [0.29, 0.717) is 34.5 Å². The molecule has 10 heteroatoms. The van der Waals surface area contributed by atoms with Gasteiger partial charge in [0.2, 0.25) is 0 Å². The molecule has 1 fully saturated rings. The number of hydrogen-bond donors (Lipinski definition) is 2. The Kier molecular flexibility index (Phi) is 5.53. The van der Waals surface area contributed by atoms with Crippen molar-refractivity contribution in [2.45, 2.75) is 0 Å². The van der Waals surface area contributed by atoms with Crippen LogP contribution in [-0.2, 0) is 4.74 Å². The van der Waals surface area contributed by atoms with Crippen LogP contribution >= 0.6 is 0 Å². The molecule has 2 aliphatic rings. The van der Waals surface area contributed by atoms with Gasteiger partial charge in [0, 0.05) is 0 Å². The molecule has 3 heterocycles. The number of rotatable bonds is 3. The molecular weight excluding hydrogens is 484 g/mol. The van der Waals surface area contributed by atoms with E-state index in [1.807, 2.05) is 18.2 Å². The zero-order valence-corrected chi connectivity index (χ0v) is 18.8. The zero-order valence-electron chi connectivity index (χ0n) is 16.7. The van der Waals surface area contributed by atoms with E-state index >= 15 is 0 Å². The van der Waals surface area contributed by atoms with Crippen LogP contribution < -0.4 is 24.2 Å². The number of pyridine rings is 1. The van der Waals surface area contributed by atoms with Crippen LogP contribution in [-0.4, -0.2) is 52.9 Å². The topological polar surface area (TPSA) is 66.5 Å². The molecule has 32 heavy (non-hydrogen) atoms. The number of anilines is 4. The molecule has 1 unspecified atom stereocenters. The molecule has 5 rings (SSSR count). The summed E-state index contributed by atoms with van der Waals surface area (Å²) < 4.78 is 47.1. The SMILES string of the molecule is O=C1Nc2ccc(N3CCOCC3)cc2Nc2cc([AsH]c3cc(F)nc(F)c3F)ccc21. The van der Waals surface area contributed by atoms with Crippen molar-refractivity contribution < 1.29 is 22.7 Å². The molecule has 0 spiro atoms. The van der Waals surface area contributed by atoms with Gasteiger partial charge in [-0.05, 0) is 0 Å². The molecule has 0 saturated carbocycles. The van der Waals surface area contributed by atoms with Crippen LogP contribution in [0.15, 0.2) is 42.5 Å². The summed E-state index contributed by atoms with van der Waals surface area (Å²) >= 11 is -1.40. The number of nitrogens with one attached hydrogen (secondary N) is 2. The van der Waals surface area contributed by atoms with Gasteiger partial charge < -0.3 is 0 Å². The molecule has 1 amide bonds. The fraction of sp³-hybridized carbons (Fsp3) is 0.182. The number of benzene rings is 2.